The second-order valence-electron chi connectivity index (χ2n) is 4.13. The lowest BCUT2D eigenvalue weighted by Crippen LogP contribution is -2.37. The van der Waals surface area contributed by atoms with Gasteiger partial charge in [0, 0.05) is 31.6 Å². The number of ether oxygens (including phenoxy) is 1. The van der Waals surface area contributed by atoms with Crippen molar-refractivity contribution in [3.05, 3.63) is 35.6 Å². The first-order valence-electron chi connectivity index (χ1n) is 5.84. The first-order valence-corrected chi connectivity index (χ1v) is 5.84. The summed E-state index contributed by atoms with van der Waals surface area (Å²) in [5.74, 6) is -0.244. The second kappa shape index (κ2) is 5.89. The van der Waals surface area contributed by atoms with Crippen molar-refractivity contribution in [2.45, 2.75) is 6.42 Å². The molecule has 0 aromatic heterocycles. The zero-order chi connectivity index (χ0) is 12.1. The van der Waals surface area contributed by atoms with Gasteiger partial charge in [-0.3, -0.25) is 9.69 Å². The van der Waals surface area contributed by atoms with Gasteiger partial charge in [-0.05, 0) is 24.3 Å². The van der Waals surface area contributed by atoms with Crippen LogP contribution in [0.2, 0.25) is 0 Å². The Balaban J connectivity index is 1.82. The third-order valence-corrected chi connectivity index (χ3v) is 2.92. The molecule has 1 saturated heterocycles. The fraction of sp³-hybridized carbons (Fsp3) is 0.462. The number of morpholine rings is 1. The highest BCUT2D eigenvalue weighted by molar-refractivity contribution is 5.96. The summed E-state index contributed by atoms with van der Waals surface area (Å²) in [4.78, 5) is 14.0. The van der Waals surface area contributed by atoms with E-state index in [1.807, 2.05) is 0 Å². The Morgan fingerprint density at radius 3 is 2.53 bits per heavy atom. The van der Waals surface area contributed by atoms with E-state index in [1.54, 1.807) is 0 Å². The molecule has 0 N–H and O–H groups in total. The van der Waals surface area contributed by atoms with Gasteiger partial charge >= 0.3 is 0 Å². The topological polar surface area (TPSA) is 29.5 Å². The van der Waals surface area contributed by atoms with E-state index < -0.39 is 0 Å². The van der Waals surface area contributed by atoms with Gasteiger partial charge in [0.1, 0.15) is 5.82 Å². The fourth-order valence-electron chi connectivity index (χ4n) is 1.86. The Hall–Kier alpha value is -1.26. The van der Waals surface area contributed by atoms with E-state index in [4.69, 9.17) is 4.74 Å². The minimum Gasteiger partial charge on any atom is -0.379 e. The Labute approximate surface area is 100 Å². The lowest BCUT2D eigenvalue weighted by Gasteiger charge is -2.26. The average Bonchev–Trinajstić information content (AvgIpc) is 2.38. The monoisotopic (exact) mass is 237 g/mol. The zero-order valence-electron chi connectivity index (χ0n) is 9.69. The number of Topliss-reactive ketones (excluding diaryl/α,β-unsaturated/α-hetero) is 1. The number of rotatable bonds is 4. The summed E-state index contributed by atoms with van der Waals surface area (Å²) in [5, 5.41) is 0. The molecule has 0 radical (unpaired) electrons. The van der Waals surface area contributed by atoms with Gasteiger partial charge in [0.15, 0.2) is 5.78 Å². The Morgan fingerprint density at radius 1 is 1.24 bits per heavy atom. The highest BCUT2D eigenvalue weighted by Gasteiger charge is 2.12. The van der Waals surface area contributed by atoms with Crippen LogP contribution in [-0.2, 0) is 4.74 Å². The summed E-state index contributed by atoms with van der Waals surface area (Å²) < 4.78 is 17.9. The van der Waals surface area contributed by atoms with Crippen LogP contribution >= 0.6 is 0 Å². The predicted molar refractivity (Wildman–Crippen MR) is 62.6 cm³/mol. The summed E-state index contributed by atoms with van der Waals surface area (Å²) >= 11 is 0. The summed E-state index contributed by atoms with van der Waals surface area (Å²) in [5.41, 5.74) is 0.583. The Morgan fingerprint density at radius 2 is 1.88 bits per heavy atom. The maximum Gasteiger partial charge on any atom is 0.164 e. The smallest absolute Gasteiger partial charge is 0.164 e. The van der Waals surface area contributed by atoms with Gasteiger partial charge in [-0.25, -0.2) is 4.39 Å². The van der Waals surface area contributed by atoms with Gasteiger partial charge in [0.05, 0.1) is 13.2 Å². The van der Waals surface area contributed by atoms with Crippen molar-refractivity contribution in [1.29, 1.82) is 0 Å². The van der Waals surface area contributed by atoms with E-state index >= 15 is 0 Å². The molecular weight excluding hydrogens is 221 g/mol. The van der Waals surface area contributed by atoms with E-state index in [0.717, 1.165) is 32.8 Å². The quantitative estimate of drug-likeness (QED) is 0.747. The molecular formula is C13H16FNO2. The molecule has 0 atom stereocenters. The number of hydrogen-bond donors (Lipinski definition) is 0. The van der Waals surface area contributed by atoms with Gasteiger partial charge in [-0.2, -0.15) is 0 Å². The van der Waals surface area contributed by atoms with Crippen molar-refractivity contribution in [3.63, 3.8) is 0 Å². The van der Waals surface area contributed by atoms with E-state index in [9.17, 15) is 9.18 Å². The van der Waals surface area contributed by atoms with Crippen molar-refractivity contribution < 1.29 is 13.9 Å². The standard InChI is InChI=1S/C13H16FNO2/c14-12-3-1-11(2-4-12)13(16)5-6-15-7-9-17-10-8-15/h1-4H,5-10H2. The highest BCUT2D eigenvalue weighted by Crippen LogP contribution is 2.07. The molecule has 92 valence electrons. The van der Waals surface area contributed by atoms with Crippen molar-refractivity contribution in [2.24, 2.45) is 0 Å². The highest BCUT2D eigenvalue weighted by atomic mass is 19.1. The summed E-state index contributed by atoms with van der Waals surface area (Å²) in [7, 11) is 0. The normalized spacial score (nSPS) is 17.0. The molecule has 0 spiro atoms. The molecule has 1 aliphatic heterocycles. The SMILES string of the molecule is O=C(CCN1CCOCC1)c1ccc(F)cc1. The van der Waals surface area contributed by atoms with Crippen LogP contribution in [-0.4, -0.2) is 43.5 Å². The van der Waals surface area contributed by atoms with Gasteiger partial charge < -0.3 is 4.74 Å². The van der Waals surface area contributed by atoms with Crippen LogP contribution in [0.5, 0.6) is 0 Å². The molecule has 17 heavy (non-hydrogen) atoms. The number of carbonyl (C=O) groups is 1. The van der Waals surface area contributed by atoms with Gasteiger partial charge in [0.2, 0.25) is 0 Å². The van der Waals surface area contributed by atoms with Gasteiger partial charge in [0.25, 0.3) is 0 Å². The summed E-state index contributed by atoms with van der Waals surface area (Å²) in [6, 6.07) is 5.72. The van der Waals surface area contributed by atoms with Crippen LogP contribution in [0.15, 0.2) is 24.3 Å². The predicted octanol–water partition coefficient (Wildman–Crippen LogP) is 1.73. The molecule has 4 heteroatoms. The molecule has 0 saturated carbocycles. The maximum absolute atomic E-state index is 12.7. The molecule has 1 aromatic carbocycles. The fourth-order valence-corrected chi connectivity index (χ4v) is 1.86. The lowest BCUT2D eigenvalue weighted by atomic mass is 10.1. The van der Waals surface area contributed by atoms with Crippen molar-refractivity contribution >= 4 is 5.78 Å². The summed E-state index contributed by atoms with van der Waals surface area (Å²) in [6.45, 7) is 4.00. The van der Waals surface area contributed by atoms with Crippen molar-refractivity contribution in [1.82, 2.24) is 4.90 Å². The van der Waals surface area contributed by atoms with E-state index in [-0.39, 0.29) is 11.6 Å². The Kier molecular flexibility index (Phi) is 4.23. The number of ketones is 1. The largest absolute Gasteiger partial charge is 0.379 e. The molecule has 1 aromatic rings. The van der Waals surface area contributed by atoms with Crippen LogP contribution in [0.25, 0.3) is 0 Å². The molecule has 3 nitrogen and oxygen atoms in total. The molecule has 0 amide bonds. The second-order valence-corrected chi connectivity index (χ2v) is 4.13. The number of nitrogens with zero attached hydrogens (tertiary/aromatic N) is 1. The first kappa shape index (κ1) is 12.2. The maximum atomic E-state index is 12.7. The number of carbonyl (C=O) groups excluding carboxylic acids is 1. The van der Waals surface area contributed by atoms with Crippen LogP contribution in [0.3, 0.4) is 0 Å². The van der Waals surface area contributed by atoms with Crippen molar-refractivity contribution in [2.75, 3.05) is 32.8 Å². The van der Waals surface area contributed by atoms with Crippen LogP contribution in [0, 0.1) is 5.82 Å². The molecule has 2 rings (SSSR count). The molecule has 0 bridgehead atoms. The molecule has 0 unspecified atom stereocenters. The number of halogens is 1. The number of hydrogen-bond acceptors (Lipinski definition) is 3. The van der Waals surface area contributed by atoms with E-state index in [0.29, 0.717) is 12.0 Å². The zero-order valence-corrected chi connectivity index (χ0v) is 9.69. The minimum absolute atomic E-state index is 0.0662. The van der Waals surface area contributed by atoms with Gasteiger partial charge in [-0.15, -0.1) is 0 Å². The molecule has 1 aliphatic rings. The third kappa shape index (κ3) is 3.61. The van der Waals surface area contributed by atoms with Gasteiger partial charge in [-0.1, -0.05) is 0 Å². The van der Waals surface area contributed by atoms with Crippen LogP contribution in [0.4, 0.5) is 4.39 Å². The molecule has 0 aliphatic carbocycles. The Bertz CT molecular complexity index is 372. The molecule has 1 heterocycles. The number of benzene rings is 1. The van der Waals surface area contributed by atoms with E-state index in [2.05, 4.69) is 4.90 Å². The lowest BCUT2D eigenvalue weighted by molar-refractivity contribution is 0.0370. The average molecular weight is 237 g/mol. The van der Waals surface area contributed by atoms with Crippen LogP contribution in [0.1, 0.15) is 16.8 Å². The van der Waals surface area contributed by atoms with E-state index in [1.165, 1.54) is 24.3 Å². The molecule has 1 fully saturated rings. The van der Waals surface area contributed by atoms with Crippen molar-refractivity contribution in [3.8, 4) is 0 Å². The minimum atomic E-state index is -0.310. The third-order valence-electron chi connectivity index (χ3n) is 2.92. The van der Waals surface area contributed by atoms with Crippen LogP contribution < -0.4 is 0 Å². The summed E-state index contributed by atoms with van der Waals surface area (Å²) in [6.07, 6.45) is 0.478. The first-order chi connectivity index (χ1) is 8.25.